The van der Waals surface area contributed by atoms with Crippen LogP contribution in [0.5, 0.6) is 0 Å². The van der Waals surface area contributed by atoms with Crippen LogP contribution in [-0.2, 0) is 15.8 Å². The zero-order valence-corrected chi connectivity index (χ0v) is 18.8. The van der Waals surface area contributed by atoms with Crippen LogP contribution in [0.25, 0.3) is 5.69 Å². The molecule has 0 atom stereocenters. The van der Waals surface area contributed by atoms with Gasteiger partial charge in [0.1, 0.15) is 0 Å². The van der Waals surface area contributed by atoms with Gasteiger partial charge in [-0.25, -0.2) is 13.1 Å². The van der Waals surface area contributed by atoms with Crippen molar-refractivity contribution in [2.45, 2.75) is 26.5 Å². The molecule has 0 fully saturated rings. The van der Waals surface area contributed by atoms with Crippen LogP contribution in [0, 0.1) is 20.8 Å². The van der Waals surface area contributed by atoms with Gasteiger partial charge >= 0.3 is 0 Å². The molecule has 1 amide bonds. The van der Waals surface area contributed by atoms with Gasteiger partial charge in [0.15, 0.2) is 0 Å². The molecule has 162 valence electrons. The van der Waals surface area contributed by atoms with Gasteiger partial charge in [-0.2, -0.15) is 0 Å². The van der Waals surface area contributed by atoms with Gasteiger partial charge in [0.05, 0.1) is 11.3 Å². The lowest BCUT2D eigenvalue weighted by molar-refractivity contribution is 0.102. The Morgan fingerprint density at radius 3 is 2.42 bits per heavy atom. The van der Waals surface area contributed by atoms with E-state index in [-0.39, 0.29) is 18.2 Å². The minimum atomic E-state index is -3.42. The molecule has 2 N–H and O–H groups in total. The fraction of sp³-hybridized carbons (Fsp3) is 0.208. The Morgan fingerprint density at radius 1 is 1.06 bits per heavy atom. The maximum absolute atomic E-state index is 12.9. The second-order valence-electron chi connectivity index (χ2n) is 7.51. The van der Waals surface area contributed by atoms with E-state index >= 15 is 0 Å². The highest BCUT2D eigenvalue weighted by molar-refractivity contribution is 7.88. The number of hydrogen-bond acceptors (Lipinski definition) is 3. The van der Waals surface area contributed by atoms with Gasteiger partial charge in [0.25, 0.3) is 5.91 Å². The van der Waals surface area contributed by atoms with E-state index in [1.54, 1.807) is 24.3 Å². The van der Waals surface area contributed by atoms with Crippen LogP contribution in [0.2, 0.25) is 0 Å². The summed E-state index contributed by atoms with van der Waals surface area (Å²) in [4.78, 5) is 12.9. The Hall–Kier alpha value is -3.16. The van der Waals surface area contributed by atoms with E-state index in [4.69, 9.17) is 0 Å². The van der Waals surface area contributed by atoms with Crippen molar-refractivity contribution in [1.82, 2.24) is 9.29 Å². The molecule has 0 saturated carbocycles. The van der Waals surface area contributed by atoms with E-state index in [1.165, 1.54) is 6.08 Å². The van der Waals surface area contributed by atoms with Gasteiger partial charge < -0.3 is 9.88 Å². The maximum Gasteiger partial charge on any atom is 0.257 e. The van der Waals surface area contributed by atoms with Crippen molar-refractivity contribution in [2.24, 2.45) is 0 Å². The first-order valence-corrected chi connectivity index (χ1v) is 11.6. The second kappa shape index (κ2) is 9.32. The van der Waals surface area contributed by atoms with E-state index in [9.17, 15) is 13.2 Å². The van der Waals surface area contributed by atoms with E-state index in [1.807, 2.05) is 45.0 Å². The number of hydrogen-bond donors (Lipinski definition) is 2. The summed E-state index contributed by atoms with van der Waals surface area (Å²) >= 11 is 0. The number of sulfonamides is 1. The van der Waals surface area contributed by atoms with Gasteiger partial charge in [-0.15, -0.1) is 6.58 Å². The first-order valence-electron chi connectivity index (χ1n) is 9.94. The molecule has 0 aliphatic heterocycles. The number of nitrogens with one attached hydrogen (secondary N) is 2. The molecule has 0 spiro atoms. The molecule has 0 radical (unpaired) electrons. The minimum Gasteiger partial charge on any atom is -0.322 e. The van der Waals surface area contributed by atoms with Crippen LogP contribution in [0.3, 0.4) is 0 Å². The van der Waals surface area contributed by atoms with Crippen molar-refractivity contribution >= 4 is 21.6 Å². The summed E-state index contributed by atoms with van der Waals surface area (Å²) in [7, 11) is -3.42. The van der Waals surface area contributed by atoms with Crippen LogP contribution < -0.4 is 10.0 Å². The molecule has 0 aliphatic rings. The average Bonchev–Trinajstić information content (AvgIpc) is 3.02. The number of amides is 1. The fourth-order valence-corrected chi connectivity index (χ4v) is 4.60. The smallest absolute Gasteiger partial charge is 0.257 e. The Labute approximate surface area is 183 Å². The number of rotatable bonds is 8. The van der Waals surface area contributed by atoms with Gasteiger partial charge in [0, 0.05) is 29.3 Å². The number of aromatic nitrogens is 1. The fourth-order valence-electron chi connectivity index (χ4n) is 3.50. The van der Waals surface area contributed by atoms with Crippen LogP contribution in [0.15, 0.2) is 67.3 Å². The highest BCUT2D eigenvalue weighted by atomic mass is 32.2. The van der Waals surface area contributed by atoms with Crippen molar-refractivity contribution < 1.29 is 13.2 Å². The van der Waals surface area contributed by atoms with Crippen molar-refractivity contribution in [3.8, 4) is 5.69 Å². The third-order valence-corrected chi connectivity index (χ3v) is 6.27. The predicted octanol–water partition coefficient (Wildman–Crippen LogP) is 4.26. The van der Waals surface area contributed by atoms with Crippen LogP contribution >= 0.6 is 0 Å². The number of nitrogens with zero attached hydrogens (tertiary/aromatic N) is 1. The van der Waals surface area contributed by atoms with Crippen LogP contribution in [0.4, 0.5) is 5.69 Å². The Kier molecular flexibility index (Phi) is 6.77. The minimum absolute atomic E-state index is 0.132. The third-order valence-electron chi connectivity index (χ3n) is 4.95. The lowest BCUT2D eigenvalue weighted by Crippen LogP contribution is -2.25. The van der Waals surface area contributed by atoms with Crippen molar-refractivity contribution in [3.63, 3.8) is 0 Å². The molecule has 6 nitrogen and oxygen atoms in total. The number of carbonyl (C=O) groups excluding carboxylic acids is 1. The highest BCUT2D eigenvalue weighted by Gasteiger charge is 2.17. The van der Waals surface area contributed by atoms with E-state index in [0.717, 1.165) is 22.6 Å². The van der Waals surface area contributed by atoms with Crippen molar-refractivity contribution in [2.75, 3.05) is 11.9 Å². The van der Waals surface area contributed by atoms with E-state index in [0.29, 0.717) is 16.8 Å². The second-order valence-corrected chi connectivity index (χ2v) is 9.31. The van der Waals surface area contributed by atoms with Gasteiger partial charge in [-0.1, -0.05) is 30.3 Å². The van der Waals surface area contributed by atoms with Crippen LogP contribution in [-0.4, -0.2) is 25.4 Å². The molecule has 31 heavy (non-hydrogen) atoms. The van der Waals surface area contributed by atoms with E-state index < -0.39 is 10.0 Å². The van der Waals surface area contributed by atoms with Crippen molar-refractivity contribution in [3.05, 3.63) is 95.3 Å². The highest BCUT2D eigenvalue weighted by Crippen LogP contribution is 2.23. The average molecular weight is 438 g/mol. The van der Waals surface area contributed by atoms with Gasteiger partial charge in [0.2, 0.25) is 10.0 Å². The summed E-state index contributed by atoms with van der Waals surface area (Å²) in [6.07, 6.45) is 1.49. The molecule has 0 saturated heterocycles. The topological polar surface area (TPSA) is 80.2 Å². The summed E-state index contributed by atoms with van der Waals surface area (Å²) in [6.45, 7) is 9.63. The summed E-state index contributed by atoms with van der Waals surface area (Å²) < 4.78 is 28.5. The molecule has 7 heteroatoms. The summed E-state index contributed by atoms with van der Waals surface area (Å²) in [5.74, 6) is -0.341. The predicted molar refractivity (Wildman–Crippen MR) is 125 cm³/mol. The molecular weight excluding hydrogens is 410 g/mol. The Balaban J connectivity index is 1.75. The molecule has 0 bridgehead atoms. The lowest BCUT2D eigenvalue weighted by atomic mass is 10.2. The maximum atomic E-state index is 12.9. The molecular formula is C24H27N3O3S. The Bertz CT molecular complexity index is 1210. The molecule has 0 unspecified atom stereocenters. The third kappa shape index (κ3) is 5.51. The van der Waals surface area contributed by atoms with Gasteiger partial charge in [-0.3, -0.25) is 4.79 Å². The molecule has 1 aromatic heterocycles. The molecule has 2 aromatic carbocycles. The summed E-state index contributed by atoms with van der Waals surface area (Å²) in [5, 5.41) is 2.90. The lowest BCUT2D eigenvalue weighted by Gasteiger charge is -2.11. The SMILES string of the molecule is C=CCNS(=O)(=O)Cc1ccc(NC(=O)c2cc(C)n(-c3cccc(C)c3)c2C)cc1. The number of carbonyl (C=O) groups is 1. The monoisotopic (exact) mass is 437 g/mol. The van der Waals surface area contributed by atoms with Gasteiger partial charge in [-0.05, 0) is 62.2 Å². The van der Waals surface area contributed by atoms with Crippen molar-refractivity contribution in [1.29, 1.82) is 0 Å². The summed E-state index contributed by atoms with van der Waals surface area (Å²) in [5.41, 5.74) is 5.83. The first-order chi connectivity index (χ1) is 14.7. The first kappa shape index (κ1) is 22.5. The number of aryl methyl sites for hydroxylation is 2. The summed E-state index contributed by atoms with van der Waals surface area (Å²) in [6, 6.07) is 16.8. The molecule has 1 heterocycles. The van der Waals surface area contributed by atoms with Crippen LogP contribution in [0.1, 0.15) is 32.9 Å². The molecule has 3 aromatic rings. The molecule has 0 aliphatic carbocycles. The zero-order valence-electron chi connectivity index (χ0n) is 18.0. The standard InChI is InChI=1S/C24H27N3O3S/c1-5-13-25-31(29,30)16-20-9-11-21(12-10-20)26-24(28)23-15-18(3)27(19(23)4)22-8-6-7-17(2)14-22/h5-12,14-15,25H,1,13,16H2,2-4H3,(H,26,28). The molecule has 3 rings (SSSR count). The quantitative estimate of drug-likeness (QED) is 0.517. The number of benzene rings is 2. The Morgan fingerprint density at radius 2 is 1.77 bits per heavy atom. The zero-order chi connectivity index (χ0) is 22.6. The largest absolute Gasteiger partial charge is 0.322 e. The van der Waals surface area contributed by atoms with E-state index in [2.05, 4.69) is 27.3 Å². The number of anilines is 1. The normalized spacial score (nSPS) is 11.3.